The van der Waals surface area contributed by atoms with Crippen molar-refractivity contribution in [3.05, 3.63) is 316 Å². The summed E-state index contributed by atoms with van der Waals surface area (Å²) in [6, 6.07) is 62.8. The molecule has 670 valence electrons. The first kappa shape index (κ1) is 96.0. The molecule has 28 aliphatic rings. The van der Waals surface area contributed by atoms with Crippen molar-refractivity contribution in [3.8, 4) is 103 Å². The Bertz CT molecular complexity index is 5030. The van der Waals surface area contributed by atoms with Crippen molar-refractivity contribution >= 4 is 69.6 Å². The zero-order valence-electron chi connectivity index (χ0n) is 71.6. The second-order valence-electron chi connectivity index (χ2n) is 30.9. The number of benzene rings is 12. The molecular formula is C102H96Cl6O18Xe2. The average molecular weight is 2090 g/mol. The first-order valence-electron chi connectivity index (χ1n) is 41.5. The summed E-state index contributed by atoms with van der Waals surface area (Å²) in [5.41, 5.74) is 27.3. The molecule has 0 radical (unpaired) electrons. The van der Waals surface area contributed by atoms with Crippen LogP contribution in [-0.4, -0.2) is 119 Å². The molecule has 24 heterocycles. The van der Waals surface area contributed by atoms with Crippen molar-refractivity contribution in [2.45, 2.75) is 77.0 Å². The molecule has 36 bridgehead atoms. The van der Waals surface area contributed by atoms with Crippen LogP contribution in [-0.2, 0) is 77.0 Å². The van der Waals surface area contributed by atoms with Crippen LogP contribution in [0.3, 0.4) is 0 Å². The van der Waals surface area contributed by atoms with Gasteiger partial charge in [0, 0.05) is 133 Å². The van der Waals surface area contributed by atoms with Crippen molar-refractivity contribution in [1.29, 1.82) is 0 Å². The summed E-state index contributed by atoms with van der Waals surface area (Å²) in [5, 5.41) is 0. The minimum absolute atomic E-state index is 0. The molecule has 0 saturated carbocycles. The molecule has 4 aliphatic carbocycles. The number of methoxy groups -OCH3 is 6. The SMILES string of the molecule is COc1cc2c3cc1OCOc1ccc4c(c1)Cc1ccc5cc1Cc1ccc(cc1C4)OCOc1cc(c(cc1OC)C3)Cc1cc(OC)c(cc1C2)OCO5.COc1cc2c3cc1OCOc1ccc4c(c1)Cc1ccc5cc1Cc1ccc(cc1C4)OCOc1cc(c(cc1OC)C3)Cc1cc(OC)c(cc1C2)OCO5.ClCCCl.ClCCCl.ClCCCl.[Xe].[Xe]. The molecule has 12 aromatic carbocycles. The fourth-order valence-electron chi connectivity index (χ4n) is 17.1. The first-order valence-corrected chi connectivity index (χ1v) is 44.7. The van der Waals surface area contributed by atoms with E-state index in [-0.39, 0.29) is 139 Å². The number of halogens is 6. The van der Waals surface area contributed by atoms with Crippen molar-refractivity contribution in [1.82, 2.24) is 0 Å². The Balaban J connectivity index is 0.000000182. The Morgan fingerprint density at radius 3 is 0.430 bits per heavy atom. The molecule has 0 fully saturated rings. The normalized spacial score (nSPS) is 13.9. The average Bonchev–Trinajstić information content (AvgIpc) is 1.61. The number of hydrogen-bond donors (Lipinski definition) is 0. The van der Waals surface area contributed by atoms with E-state index in [1.165, 1.54) is 66.8 Å². The third-order valence-electron chi connectivity index (χ3n) is 23.4. The summed E-state index contributed by atoms with van der Waals surface area (Å²) in [4.78, 5) is 0. The Hall–Kier alpha value is -8.08. The van der Waals surface area contributed by atoms with Gasteiger partial charge in [-0.15, -0.1) is 69.6 Å². The summed E-state index contributed by atoms with van der Waals surface area (Å²) >= 11 is 30.3. The molecule has 18 nitrogen and oxygen atoms in total. The Morgan fingerprint density at radius 1 is 0.172 bits per heavy atom. The summed E-state index contributed by atoms with van der Waals surface area (Å²) in [7, 11) is 9.99. The maximum Gasteiger partial charge on any atom is 0.231 e. The molecule has 128 heavy (non-hydrogen) atoms. The van der Waals surface area contributed by atoms with Crippen molar-refractivity contribution in [3.63, 3.8) is 0 Å². The van der Waals surface area contributed by atoms with E-state index >= 15 is 0 Å². The Morgan fingerprint density at radius 2 is 0.297 bits per heavy atom. The smallest absolute Gasteiger partial charge is 0.231 e. The van der Waals surface area contributed by atoms with Crippen molar-refractivity contribution in [2.24, 2.45) is 0 Å². The summed E-state index contributed by atoms with van der Waals surface area (Å²) in [6.07, 6.45) is 8.00. The van der Waals surface area contributed by atoms with Crippen LogP contribution in [0.2, 0.25) is 0 Å². The van der Waals surface area contributed by atoms with Crippen LogP contribution in [0.1, 0.15) is 134 Å². The van der Waals surface area contributed by atoms with E-state index in [0.29, 0.717) is 143 Å². The molecule has 0 aromatic heterocycles. The van der Waals surface area contributed by atoms with Crippen LogP contribution in [0.25, 0.3) is 0 Å². The van der Waals surface area contributed by atoms with Gasteiger partial charge in [-0.2, -0.15) is 0 Å². The maximum atomic E-state index is 6.40. The van der Waals surface area contributed by atoms with E-state index < -0.39 is 0 Å². The van der Waals surface area contributed by atoms with Gasteiger partial charge >= 0.3 is 0 Å². The predicted molar refractivity (Wildman–Crippen MR) is 491 cm³/mol. The van der Waals surface area contributed by atoms with E-state index in [2.05, 4.69) is 146 Å². The Labute approximate surface area is 857 Å². The molecular weight excluding hydrogens is 1990 g/mol. The van der Waals surface area contributed by atoms with Crippen LogP contribution < -0.4 is 85.3 Å². The van der Waals surface area contributed by atoms with Gasteiger partial charge in [-0.25, -0.2) is 0 Å². The molecule has 0 unspecified atom stereocenters. The minimum atomic E-state index is 0. The monoisotopic (exact) mass is 2080 g/mol. The molecule has 12 aromatic rings. The van der Waals surface area contributed by atoms with Crippen LogP contribution >= 0.6 is 69.6 Å². The summed E-state index contributed by atoms with van der Waals surface area (Å²) in [6.45, 7) is 0.0190. The minimum Gasteiger partial charge on any atom is -0.493 e. The Kier molecular flexibility index (Phi) is 34.4. The standard InChI is InChI=1S/2C48H42O9.3C2H4Cl2.2Xe/c2*1-49-43-19-34-13-38-23-47-45(51-3)21-36(38)15-39-24-48-44(50-2)20-35(39)14-37(34)22-46(43)55-25-52-40-7-4-28-11-32-17-42(54-27-57-48)9-6-30(32)12-33-18-41(53-26-56-47)8-5-29(33)10-31(28)16-40;3*3-1-2-4;;/h2*4-9,16-24H,10-15,25-27H2,1-3H3;3*1-2H2;;. The van der Waals surface area contributed by atoms with Crippen LogP contribution in [0.5, 0.6) is 103 Å². The van der Waals surface area contributed by atoms with E-state index in [0.717, 1.165) is 140 Å². The van der Waals surface area contributed by atoms with E-state index in [1.807, 2.05) is 36.4 Å². The zero-order valence-corrected chi connectivity index (χ0v) is 80.2. The molecule has 0 atom stereocenters. The molecule has 40 rings (SSSR count). The number of hydrogen-bond acceptors (Lipinski definition) is 18. The van der Waals surface area contributed by atoms with E-state index in [4.69, 9.17) is 155 Å². The van der Waals surface area contributed by atoms with Gasteiger partial charge in [0.15, 0.2) is 69.0 Å². The van der Waals surface area contributed by atoms with Crippen molar-refractivity contribution in [2.75, 3.05) is 119 Å². The number of ether oxygens (including phenoxy) is 18. The second kappa shape index (κ2) is 45.8. The predicted octanol–water partition coefficient (Wildman–Crippen LogP) is 21.9. The van der Waals surface area contributed by atoms with E-state index in [9.17, 15) is 0 Å². The van der Waals surface area contributed by atoms with Gasteiger partial charge < -0.3 is 85.3 Å². The molecule has 0 amide bonds. The first-order chi connectivity index (χ1) is 61.7. The van der Waals surface area contributed by atoms with Crippen LogP contribution in [0.15, 0.2) is 182 Å². The number of rotatable bonds is 9. The third kappa shape index (κ3) is 23.0. The van der Waals surface area contributed by atoms with Gasteiger partial charge in [-0.3, -0.25) is 0 Å². The zero-order chi connectivity index (χ0) is 87.2. The molecule has 24 aliphatic heterocycles. The fourth-order valence-corrected chi connectivity index (χ4v) is 17.1. The largest absolute Gasteiger partial charge is 0.493 e. The van der Waals surface area contributed by atoms with Gasteiger partial charge in [-0.05, 0) is 356 Å². The maximum absolute atomic E-state index is 6.40. The summed E-state index contributed by atoms with van der Waals surface area (Å²) < 4.78 is 112. The van der Waals surface area contributed by atoms with Gasteiger partial charge in [0.25, 0.3) is 0 Å². The molecule has 26 heteroatoms. The van der Waals surface area contributed by atoms with Gasteiger partial charge in [-0.1, -0.05) is 36.4 Å². The summed E-state index contributed by atoms with van der Waals surface area (Å²) in [5.74, 6) is 15.0. The van der Waals surface area contributed by atoms with Gasteiger partial charge in [0.1, 0.15) is 34.5 Å². The molecule has 0 N–H and O–H groups in total. The molecule has 0 spiro atoms. The van der Waals surface area contributed by atoms with Gasteiger partial charge in [0.05, 0.1) is 42.7 Å². The van der Waals surface area contributed by atoms with E-state index in [1.54, 1.807) is 42.7 Å². The number of alkyl halides is 6. The van der Waals surface area contributed by atoms with Crippen molar-refractivity contribution < 1.29 is 183 Å². The topological polar surface area (TPSA) is 166 Å². The quantitative estimate of drug-likeness (QED) is 0.125. The molecule has 0 saturated heterocycles. The van der Waals surface area contributed by atoms with Gasteiger partial charge in [0.2, 0.25) is 40.8 Å². The third-order valence-corrected chi connectivity index (χ3v) is 25.1. The van der Waals surface area contributed by atoms with Crippen LogP contribution in [0.4, 0.5) is 0 Å². The fraction of sp³-hybridized carbons (Fsp3) is 0.294. The van der Waals surface area contributed by atoms with Crippen LogP contribution in [0, 0.1) is 97.8 Å². The second-order valence-corrected chi connectivity index (χ2v) is 33.2.